The van der Waals surface area contributed by atoms with E-state index in [0.29, 0.717) is 5.75 Å². The van der Waals surface area contributed by atoms with E-state index >= 15 is 0 Å². The Morgan fingerprint density at radius 1 is 1.11 bits per heavy atom. The number of hydrogen-bond acceptors (Lipinski definition) is 3. The standard InChI is InChI=1S/C16H20NOS/c1-9(2)13-6-12(15-8-19-11(5)17-15)7-14(10(3)4)16(13)18/h6-10,18H,5H2,1-4H3. The van der Waals surface area contributed by atoms with Crippen LogP contribution in [0.3, 0.4) is 0 Å². The van der Waals surface area contributed by atoms with Crippen LogP contribution >= 0.6 is 11.3 Å². The quantitative estimate of drug-likeness (QED) is 0.859. The molecule has 0 saturated heterocycles. The number of phenolic OH excluding ortho intramolecular Hbond substituents is 1. The van der Waals surface area contributed by atoms with Crippen molar-refractivity contribution in [2.75, 3.05) is 0 Å². The number of hydrogen-bond donors (Lipinski definition) is 1. The minimum absolute atomic E-state index is 0.287. The first-order valence-electron chi connectivity index (χ1n) is 6.54. The van der Waals surface area contributed by atoms with Crippen molar-refractivity contribution in [3.05, 3.63) is 40.6 Å². The van der Waals surface area contributed by atoms with E-state index in [4.69, 9.17) is 0 Å². The summed E-state index contributed by atoms with van der Waals surface area (Å²) in [5, 5.41) is 13.2. The lowest BCUT2D eigenvalue weighted by Crippen LogP contribution is -1.97. The zero-order valence-corrected chi connectivity index (χ0v) is 12.7. The van der Waals surface area contributed by atoms with E-state index in [0.717, 1.165) is 27.4 Å². The molecule has 1 aromatic heterocycles. The second-order valence-electron chi connectivity index (χ2n) is 5.44. The molecule has 2 rings (SSSR count). The van der Waals surface area contributed by atoms with Gasteiger partial charge < -0.3 is 5.11 Å². The van der Waals surface area contributed by atoms with E-state index in [1.807, 2.05) is 17.5 Å². The smallest absolute Gasteiger partial charge is 0.122 e. The van der Waals surface area contributed by atoms with Crippen LogP contribution in [0.5, 0.6) is 5.75 Å². The summed E-state index contributed by atoms with van der Waals surface area (Å²) in [7, 11) is 0. The highest BCUT2D eigenvalue weighted by Gasteiger charge is 2.16. The molecule has 0 unspecified atom stereocenters. The van der Waals surface area contributed by atoms with Crippen molar-refractivity contribution in [3.8, 4) is 17.0 Å². The van der Waals surface area contributed by atoms with Crippen molar-refractivity contribution in [1.29, 1.82) is 0 Å². The van der Waals surface area contributed by atoms with E-state index in [2.05, 4.69) is 39.6 Å². The fourth-order valence-corrected chi connectivity index (χ4v) is 2.74. The van der Waals surface area contributed by atoms with Crippen molar-refractivity contribution in [1.82, 2.24) is 4.98 Å². The molecule has 0 aliphatic carbocycles. The topological polar surface area (TPSA) is 33.1 Å². The fraction of sp³-hybridized carbons (Fsp3) is 0.375. The van der Waals surface area contributed by atoms with Crippen LogP contribution in [0.25, 0.3) is 11.3 Å². The predicted octanol–water partition coefficient (Wildman–Crippen LogP) is 4.94. The molecule has 1 aromatic carbocycles. The second-order valence-corrected chi connectivity index (χ2v) is 6.38. The lowest BCUT2D eigenvalue weighted by molar-refractivity contribution is 0.454. The SMILES string of the molecule is [CH2]c1nc(-c2cc(C(C)C)c(O)c(C(C)C)c2)cs1. The maximum absolute atomic E-state index is 10.4. The number of benzene rings is 1. The zero-order chi connectivity index (χ0) is 14.2. The van der Waals surface area contributed by atoms with Gasteiger partial charge in [0, 0.05) is 17.9 Å². The Kier molecular flexibility index (Phi) is 3.95. The molecule has 0 bridgehead atoms. The van der Waals surface area contributed by atoms with Crippen LogP contribution in [0.15, 0.2) is 17.5 Å². The highest BCUT2D eigenvalue weighted by molar-refractivity contribution is 7.10. The monoisotopic (exact) mass is 274 g/mol. The van der Waals surface area contributed by atoms with Crippen molar-refractivity contribution in [3.63, 3.8) is 0 Å². The molecule has 1 N–H and O–H groups in total. The first kappa shape index (κ1) is 14.1. The van der Waals surface area contributed by atoms with Crippen molar-refractivity contribution in [2.24, 2.45) is 0 Å². The first-order valence-corrected chi connectivity index (χ1v) is 7.42. The number of rotatable bonds is 3. The van der Waals surface area contributed by atoms with Gasteiger partial charge in [-0.1, -0.05) is 27.7 Å². The molecule has 0 aliphatic heterocycles. The van der Waals surface area contributed by atoms with Gasteiger partial charge >= 0.3 is 0 Å². The molecule has 19 heavy (non-hydrogen) atoms. The third kappa shape index (κ3) is 2.81. The number of phenols is 1. The number of aromatic nitrogens is 1. The van der Waals surface area contributed by atoms with Gasteiger partial charge in [-0.3, -0.25) is 0 Å². The predicted molar refractivity (Wildman–Crippen MR) is 81.9 cm³/mol. The molecular formula is C16H20NOS. The van der Waals surface area contributed by atoms with Gasteiger partial charge in [-0.05, 0) is 35.1 Å². The molecule has 0 aliphatic rings. The van der Waals surface area contributed by atoms with Crippen molar-refractivity contribution in [2.45, 2.75) is 39.5 Å². The van der Waals surface area contributed by atoms with Crippen molar-refractivity contribution < 1.29 is 5.11 Å². The van der Waals surface area contributed by atoms with E-state index in [1.54, 1.807) is 11.3 Å². The molecule has 0 atom stereocenters. The van der Waals surface area contributed by atoms with Crippen LogP contribution in [0.1, 0.15) is 55.7 Å². The third-order valence-electron chi connectivity index (χ3n) is 3.26. The third-order valence-corrected chi connectivity index (χ3v) is 3.96. The van der Waals surface area contributed by atoms with E-state index < -0.39 is 0 Å². The molecular weight excluding hydrogens is 254 g/mol. The first-order chi connectivity index (χ1) is 8.90. The summed E-state index contributed by atoms with van der Waals surface area (Å²) in [5.41, 5.74) is 3.98. The lowest BCUT2D eigenvalue weighted by atomic mass is 9.91. The van der Waals surface area contributed by atoms with E-state index in [-0.39, 0.29) is 11.8 Å². The Morgan fingerprint density at radius 2 is 1.63 bits per heavy atom. The summed E-state index contributed by atoms with van der Waals surface area (Å²) in [6, 6.07) is 4.08. The molecule has 101 valence electrons. The molecule has 0 spiro atoms. The molecule has 0 saturated carbocycles. The highest BCUT2D eigenvalue weighted by Crippen LogP contribution is 2.37. The summed E-state index contributed by atoms with van der Waals surface area (Å²) in [6.45, 7) is 12.2. The Morgan fingerprint density at radius 3 is 2.00 bits per heavy atom. The van der Waals surface area contributed by atoms with Gasteiger partial charge in [0.25, 0.3) is 0 Å². The van der Waals surface area contributed by atoms with Crippen molar-refractivity contribution >= 4 is 11.3 Å². The minimum Gasteiger partial charge on any atom is -0.507 e. The normalized spacial score (nSPS) is 11.5. The summed E-state index contributed by atoms with van der Waals surface area (Å²) in [6.07, 6.45) is 0. The van der Waals surface area contributed by atoms with E-state index in [9.17, 15) is 5.11 Å². The highest BCUT2D eigenvalue weighted by atomic mass is 32.1. The lowest BCUT2D eigenvalue weighted by Gasteiger charge is -2.17. The molecule has 2 aromatic rings. The molecule has 0 fully saturated rings. The Bertz CT molecular complexity index is 555. The molecule has 1 radical (unpaired) electrons. The Labute approximate surface area is 119 Å². The van der Waals surface area contributed by atoms with Gasteiger partial charge in [0.15, 0.2) is 0 Å². The number of aromatic hydroxyl groups is 1. The van der Waals surface area contributed by atoms with E-state index in [1.165, 1.54) is 0 Å². The minimum atomic E-state index is 0.287. The van der Waals surface area contributed by atoms with Crippen LogP contribution in [-0.2, 0) is 0 Å². The maximum Gasteiger partial charge on any atom is 0.122 e. The summed E-state index contributed by atoms with van der Waals surface area (Å²) < 4.78 is 0. The summed E-state index contributed by atoms with van der Waals surface area (Å²) >= 11 is 1.55. The summed E-state index contributed by atoms with van der Waals surface area (Å²) in [4.78, 5) is 4.44. The van der Waals surface area contributed by atoms with Crippen LogP contribution < -0.4 is 0 Å². The Hall–Kier alpha value is -1.35. The summed E-state index contributed by atoms with van der Waals surface area (Å²) in [5.74, 6) is 1.00. The van der Waals surface area contributed by atoms with Crippen LogP contribution in [0.4, 0.5) is 0 Å². The molecule has 2 nitrogen and oxygen atoms in total. The maximum atomic E-state index is 10.4. The molecule has 0 amide bonds. The van der Waals surface area contributed by atoms with Gasteiger partial charge in [0.2, 0.25) is 0 Å². The van der Waals surface area contributed by atoms with Gasteiger partial charge in [-0.15, -0.1) is 11.3 Å². The van der Waals surface area contributed by atoms with Crippen LogP contribution in [-0.4, -0.2) is 10.1 Å². The van der Waals surface area contributed by atoms with Crippen LogP contribution in [0.2, 0.25) is 0 Å². The largest absolute Gasteiger partial charge is 0.507 e. The number of thiazole rings is 1. The molecule has 3 heteroatoms. The van der Waals surface area contributed by atoms with Crippen LogP contribution in [0, 0.1) is 6.92 Å². The van der Waals surface area contributed by atoms with Gasteiger partial charge in [0.05, 0.1) is 10.7 Å². The second kappa shape index (κ2) is 5.33. The average Bonchev–Trinajstić information content (AvgIpc) is 2.75. The zero-order valence-electron chi connectivity index (χ0n) is 11.9. The average molecular weight is 274 g/mol. The number of nitrogens with zero attached hydrogens (tertiary/aromatic N) is 1. The Balaban J connectivity index is 2.62. The van der Waals surface area contributed by atoms with Gasteiger partial charge in [-0.25, -0.2) is 4.98 Å². The fourth-order valence-electron chi connectivity index (χ4n) is 2.15. The van der Waals surface area contributed by atoms with Gasteiger partial charge in [-0.2, -0.15) is 0 Å². The van der Waals surface area contributed by atoms with Gasteiger partial charge in [0.1, 0.15) is 5.75 Å². The molecule has 1 heterocycles.